The highest BCUT2D eigenvalue weighted by atomic mass is 16.5. The summed E-state index contributed by atoms with van der Waals surface area (Å²) in [4.78, 5) is 0. The summed E-state index contributed by atoms with van der Waals surface area (Å²) in [5.74, 6) is 0. The molecule has 47 valence electrons. The van der Waals surface area contributed by atoms with Crippen LogP contribution in [-0.4, -0.2) is 18.3 Å². The highest BCUT2D eigenvalue weighted by Crippen LogP contribution is 2.13. The molecule has 0 amide bonds. The molecule has 2 nitrogen and oxygen atoms in total. The first-order chi connectivity index (χ1) is 3.89. The summed E-state index contributed by atoms with van der Waals surface area (Å²) in [6.45, 7) is 1.51. The highest BCUT2D eigenvalue weighted by Gasteiger charge is 2.08. The van der Waals surface area contributed by atoms with Crippen LogP contribution < -0.4 is 0 Å². The zero-order chi connectivity index (χ0) is 5.82. The third kappa shape index (κ3) is 1.80. The van der Waals surface area contributed by atoms with Gasteiger partial charge in [0.1, 0.15) is 0 Å². The lowest BCUT2D eigenvalue weighted by Crippen LogP contribution is -1.95. The van der Waals surface area contributed by atoms with Gasteiger partial charge in [0.25, 0.3) is 0 Å². The van der Waals surface area contributed by atoms with Gasteiger partial charge in [0, 0.05) is 19.6 Å². The Morgan fingerprint density at radius 3 is 3.00 bits per heavy atom. The molecule has 1 heterocycles. The van der Waals surface area contributed by atoms with Gasteiger partial charge in [-0.3, -0.25) is 0 Å². The maximum Gasteiger partial charge on any atom is 0.0957 e. The van der Waals surface area contributed by atoms with Crippen molar-refractivity contribution in [1.29, 1.82) is 0 Å². The van der Waals surface area contributed by atoms with Crippen LogP contribution in [0.2, 0.25) is 0 Å². The molecule has 0 aliphatic carbocycles. The normalized spacial score (nSPS) is 25.1. The van der Waals surface area contributed by atoms with Crippen LogP contribution in [0.15, 0.2) is 0 Å². The Labute approximate surface area is 49.5 Å². The molecule has 0 unspecified atom stereocenters. The van der Waals surface area contributed by atoms with Crippen LogP contribution in [-0.2, 0) is 4.74 Å². The quantitative estimate of drug-likeness (QED) is 0.512. The smallest absolute Gasteiger partial charge is 0.0957 e. The van der Waals surface area contributed by atoms with Crippen LogP contribution in [0.1, 0.15) is 19.3 Å². The standard InChI is InChI=1S/C6H11O2/c7-6-2-1-4-8-5-3-6/h7H,1-5H2. The molecule has 0 atom stereocenters. The summed E-state index contributed by atoms with van der Waals surface area (Å²) >= 11 is 0. The Morgan fingerprint density at radius 1 is 1.25 bits per heavy atom. The number of ether oxygens (including phenoxy) is 1. The first-order valence-corrected chi connectivity index (χ1v) is 3.01. The minimum Gasteiger partial charge on any atom is -0.387 e. The Balaban J connectivity index is 2.17. The minimum absolute atomic E-state index is 0.600. The molecule has 1 rings (SSSR count). The van der Waals surface area contributed by atoms with Gasteiger partial charge >= 0.3 is 0 Å². The van der Waals surface area contributed by atoms with Crippen LogP contribution in [0.3, 0.4) is 0 Å². The van der Waals surface area contributed by atoms with Crippen molar-refractivity contribution in [2.75, 3.05) is 13.2 Å². The van der Waals surface area contributed by atoms with Gasteiger partial charge in [-0.15, -0.1) is 0 Å². The fourth-order valence-corrected chi connectivity index (χ4v) is 0.795. The van der Waals surface area contributed by atoms with Crippen molar-refractivity contribution < 1.29 is 9.84 Å². The second-order valence-corrected chi connectivity index (χ2v) is 2.03. The summed E-state index contributed by atoms with van der Waals surface area (Å²) in [5.41, 5.74) is 0. The highest BCUT2D eigenvalue weighted by molar-refractivity contribution is 4.76. The average Bonchev–Trinajstić information content (AvgIpc) is 1.94. The van der Waals surface area contributed by atoms with Crippen LogP contribution >= 0.6 is 0 Å². The Hall–Kier alpha value is -0.0800. The van der Waals surface area contributed by atoms with Crippen LogP contribution in [0.4, 0.5) is 0 Å². The van der Waals surface area contributed by atoms with E-state index in [0.717, 1.165) is 25.9 Å². The van der Waals surface area contributed by atoms with Crippen molar-refractivity contribution in [3.05, 3.63) is 6.10 Å². The molecule has 1 aliphatic heterocycles. The zero-order valence-corrected chi connectivity index (χ0v) is 4.89. The first kappa shape index (κ1) is 6.05. The molecule has 8 heavy (non-hydrogen) atoms. The van der Waals surface area contributed by atoms with Crippen molar-refractivity contribution in [3.8, 4) is 0 Å². The lowest BCUT2D eigenvalue weighted by Gasteiger charge is -1.99. The summed E-state index contributed by atoms with van der Waals surface area (Å²) < 4.78 is 5.08. The predicted octanol–water partition coefficient (Wildman–Crippen LogP) is 1.09. The van der Waals surface area contributed by atoms with Crippen LogP contribution in [0.25, 0.3) is 0 Å². The van der Waals surface area contributed by atoms with Crippen molar-refractivity contribution in [3.63, 3.8) is 0 Å². The Morgan fingerprint density at radius 2 is 2.12 bits per heavy atom. The number of aliphatic hydroxyl groups is 1. The Kier molecular flexibility index (Phi) is 2.30. The number of rotatable bonds is 0. The molecule has 0 bridgehead atoms. The summed E-state index contributed by atoms with van der Waals surface area (Å²) in [6.07, 6.45) is 3.15. The fourth-order valence-electron chi connectivity index (χ4n) is 0.795. The SMILES string of the molecule is O[C]1CCCOCC1. The number of aliphatic hydroxyl groups excluding tert-OH is 1. The lowest BCUT2D eigenvalue weighted by molar-refractivity contribution is 0.140. The van der Waals surface area contributed by atoms with Gasteiger partial charge < -0.3 is 9.84 Å². The number of hydrogen-bond donors (Lipinski definition) is 1. The van der Waals surface area contributed by atoms with Crippen molar-refractivity contribution in [2.24, 2.45) is 0 Å². The second-order valence-electron chi connectivity index (χ2n) is 2.03. The third-order valence-corrected chi connectivity index (χ3v) is 1.29. The van der Waals surface area contributed by atoms with E-state index in [4.69, 9.17) is 9.84 Å². The van der Waals surface area contributed by atoms with Gasteiger partial charge in [0.15, 0.2) is 0 Å². The molecule has 1 N–H and O–H groups in total. The van der Waals surface area contributed by atoms with E-state index in [9.17, 15) is 0 Å². The topological polar surface area (TPSA) is 29.5 Å². The molecule has 1 aliphatic rings. The van der Waals surface area contributed by atoms with Gasteiger partial charge in [0.2, 0.25) is 0 Å². The van der Waals surface area contributed by atoms with Gasteiger partial charge in [-0.05, 0) is 12.8 Å². The lowest BCUT2D eigenvalue weighted by atomic mass is 10.2. The predicted molar refractivity (Wildman–Crippen MR) is 29.8 cm³/mol. The van der Waals surface area contributed by atoms with E-state index >= 15 is 0 Å². The molecule has 0 aromatic heterocycles. The second kappa shape index (κ2) is 3.05. The number of hydrogen-bond acceptors (Lipinski definition) is 2. The van der Waals surface area contributed by atoms with Crippen molar-refractivity contribution in [2.45, 2.75) is 19.3 Å². The molecule has 1 saturated heterocycles. The third-order valence-electron chi connectivity index (χ3n) is 1.29. The Bertz CT molecular complexity index is 55.5. The van der Waals surface area contributed by atoms with E-state index in [1.807, 2.05) is 0 Å². The molecule has 2 heteroatoms. The van der Waals surface area contributed by atoms with E-state index < -0.39 is 0 Å². The van der Waals surface area contributed by atoms with Crippen molar-refractivity contribution >= 4 is 0 Å². The van der Waals surface area contributed by atoms with Crippen LogP contribution in [0, 0.1) is 6.10 Å². The first-order valence-electron chi connectivity index (χ1n) is 3.01. The van der Waals surface area contributed by atoms with E-state index in [1.54, 1.807) is 0 Å². The fraction of sp³-hybridized carbons (Fsp3) is 0.833. The molecule has 0 aromatic carbocycles. The summed E-state index contributed by atoms with van der Waals surface area (Å²) in [7, 11) is 0. The van der Waals surface area contributed by atoms with Gasteiger partial charge in [-0.1, -0.05) is 0 Å². The average molecular weight is 115 g/mol. The molecular weight excluding hydrogens is 104 g/mol. The molecule has 1 fully saturated rings. The van der Waals surface area contributed by atoms with E-state index in [2.05, 4.69) is 0 Å². The minimum atomic E-state index is 0.600. The monoisotopic (exact) mass is 115 g/mol. The molecule has 0 spiro atoms. The zero-order valence-electron chi connectivity index (χ0n) is 4.89. The van der Waals surface area contributed by atoms with Crippen molar-refractivity contribution in [1.82, 2.24) is 0 Å². The van der Waals surface area contributed by atoms with E-state index in [0.29, 0.717) is 12.7 Å². The maximum atomic E-state index is 8.93. The van der Waals surface area contributed by atoms with Crippen LogP contribution in [0.5, 0.6) is 0 Å². The van der Waals surface area contributed by atoms with Gasteiger partial charge in [-0.25, -0.2) is 0 Å². The summed E-state index contributed by atoms with van der Waals surface area (Å²) in [5, 5.41) is 8.93. The molecular formula is C6H11O2. The van der Waals surface area contributed by atoms with Gasteiger partial charge in [0.05, 0.1) is 6.10 Å². The molecule has 1 radical (unpaired) electrons. The largest absolute Gasteiger partial charge is 0.387 e. The summed E-state index contributed by atoms with van der Waals surface area (Å²) in [6, 6.07) is 0. The molecule has 0 saturated carbocycles. The maximum absolute atomic E-state index is 8.93. The van der Waals surface area contributed by atoms with E-state index in [-0.39, 0.29) is 0 Å². The van der Waals surface area contributed by atoms with E-state index in [1.165, 1.54) is 0 Å². The van der Waals surface area contributed by atoms with Gasteiger partial charge in [-0.2, -0.15) is 0 Å². The molecule has 0 aromatic rings.